The number of amides is 2. The number of rotatable bonds is 11. The first kappa shape index (κ1) is 29.4. The quantitative estimate of drug-likeness (QED) is 0.214. The highest BCUT2D eigenvalue weighted by Gasteiger charge is 2.25. The summed E-state index contributed by atoms with van der Waals surface area (Å²) >= 11 is 1.40. The van der Waals surface area contributed by atoms with Gasteiger partial charge < -0.3 is 24.6 Å². The summed E-state index contributed by atoms with van der Waals surface area (Å²) in [7, 11) is 0. The molecule has 2 amide bonds. The molecular weight excluding hydrogens is 556 g/mol. The molecule has 0 spiro atoms. The largest absolute Gasteiger partial charge is 0.480 e. The molecule has 1 aliphatic carbocycles. The third-order valence-corrected chi connectivity index (χ3v) is 8.85. The number of carbonyl (C=O) groups is 3. The van der Waals surface area contributed by atoms with Gasteiger partial charge in [0.25, 0.3) is 0 Å². The molecule has 9 nitrogen and oxygen atoms in total. The van der Waals surface area contributed by atoms with E-state index in [0.29, 0.717) is 16.9 Å². The second-order valence-corrected chi connectivity index (χ2v) is 11.8. The summed E-state index contributed by atoms with van der Waals surface area (Å²) in [5.41, 5.74) is 4.10. The second kappa shape index (κ2) is 12.9. The molecule has 3 N–H and O–H groups in total. The zero-order chi connectivity index (χ0) is 29.8. The Labute approximate surface area is 247 Å². The fourth-order valence-corrected chi connectivity index (χ4v) is 6.40. The minimum Gasteiger partial charge on any atom is -0.480 e. The van der Waals surface area contributed by atoms with Gasteiger partial charge in [0.15, 0.2) is 0 Å². The SMILES string of the molecule is Cc1c(CCC(=O)NC(C)C(=O)NC(CSCc2ccccc2)C(=O)O)c(=O)oc2cc3oc4c(c3cc12)CCCC4. The van der Waals surface area contributed by atoms with Crippen LogP contribution in [0.3, 0.4) is 0 Å². The Morgan fingerprint density at radius 1 is 1.00 bits per heavy atom. The topological polar surface area (TPSA) is 139 Å². The van der Waals surface area contributed by atoms with Gasteiger partial charge in [0.2, 0.25) is 11.8 Å². The van der Waals surface area contributed by atoms with Crippen molar-refractivity contribution in [2.24, 2.45) is 0 Å². The molecule has 2 unspecified atom stereocenters. The van der Waals surface area contributed by atoms with Gasteiger partial charge in [-0.15, -0.1) is 0 Å². The third-order valence-electron chi connectivity index (χ3n) is 7.75. The van der Waals surface area contributed by atoms with Crippen molar-refractivity contribution in [3.05, 3.63) is 80.9 Å². The van der Waals surface area contributed by atoms with Crippen LogP contribution >= 0.6 is 11.8 Å². The molecule has 5 rings (SSSR count). The summed E-state index contributed by atoms with van der Waals surface area (Å²) < 4.78 is 11.7. The van der Waals surface area contributed by atoms with Crippen LogP contribution < -0.4 is 16.3 Å². The molecule has 220 valence electrons. The standard InChI is InChI=1S/C32H34N2O7S/c1-18-21(32(39)41-27-15-28-24(14-23(18)27)22-10-6-7-11-26(22)40-28)12-13-29(35)33-19(2)30(36)34-25(31(37)38)17-42-16-20-8-4-3-5-9-20/h3-5,8-9,14-15,19,25H,6-7,10-13,16-17H2,1-2H3,(H,33,35)(H,34,36)(H,37,38). The zero-order valence-corrected chi connectivity index (χ0v) is 24.5. The number of carbonyl (C=O) groups excluding carboxylic acids is 2. The maximum absolute atomic E-state index is 12.8. The van der Waals surface area contributed by atoms with Crippen molar-refractivity contribution >= 4 is 51.5 Å². The van der Waals surface area contributed by atoms with Crippen LogP contribution in [0.25, 0.3) is 21.9 Å². The highest BCUT2D eigenvalue weighted by Crippen LogP contribution is 2.35. The van der Waals surface area contributed by atoms with Gasteiger partial charge in [0, 0.05) is 52.3 Å². The van der Waals surface area contributed by atoms with E-state index in [1.165, 1.54) is 24.2 Å². The van der Waals surface area contributed by atoms with Crippen LogP contribution in [0.1, 0.15) is 54.2 Å². The molecule has 0 radical (unpaired) electrons. The molecule has 1 aliphatic rings. The molecule has 0 fully saturated rings. The highest BCUT2D eigenvalue weighted by atomic mass is 32.2. The number of thioether (sulfide) groups is 1. The molecule has 0 bridgehead atoms. The van der Waals surface area contributed by atoms with Crippen molar-refractivity contribution in [1.29, 1.82) is 0 Å². The van der Waals surface area contributed by atoms with Gasteiger partial charge in [-0.1, -0.05) is 30.3 Å². The third kappa shape index (κ3) is 6.54. The average Bonchev–Trinajstić information content (AvgIpc) is 3.33. The first-order valence-corrected chi connectivity index (χ1v) is 15.3. The molecule has 2 aromatic carbocycles. The lowest BCUT2D eigenvalue weighted by atomic mass is 9.94. The number of aryl methyl sites for hydroxylation is 3. The molecule has 42 heavy (non-hydrogen) atoms. The van der Waals surface area contributed by atoms with E-state index in [0.717, 1.165) is 58.9 Å². The van der Waals surface area contributed by atoms with Crippen molar-refractivity contribution in [2.45, 2.75) is 70.2 Å². The Morgan fingerprint density at radius 2 is 1.74 bits per heavy atom. The number of hydrogen-bond donors (Lipinski definition) is 3. The Balaban J connectivity index is 1.19. The van der Waals surface area contributed by atoms with Crippen LogP contribution in [0.5, 0.6) is 0 Å². The first-order chi connectivity index (χ1) is 20.2. The molecule has 0 saturated carbocycles. The van der Waals surface area contributed by atoms with E-state index in [9.17, 15) is 24.3 Å². The molecular formula is C32H34N2O7S. The lowest BCUT2D eigenvalue weighted by Crippen LogP contribution is -2.51. The van der Waals surface area contributed by atoms with Crippen LogP contribution in [0, 0.1) is 6.92 Å². The Hall–Kier alpha value is -4.05. The average molecular weight is 591 g/mol. The summed E-state index contributed by atoms with van der Waals surface area (Å²) in [6.07, 6.45) is 4.18. The molecule has 2 aromatic heterocycles. The summed E-state index contributed by atoms with van der Waals surface area (Å²) in [4.78, 5) is 49.9. The van der Waals surface area contributed by atoms with Crippen LogP contribution in [0.15, 0.2) is 56.1 Å². The summed E-state index contributed by atoms with van der Waals surface area (Å²) in [5, 5.41) is 16.5. The number of benzene rings is 2. The minimum atomic E-state index is -1.14. The smallest absolute Gasteiger partial charge is 0.339 e. The molecule has 4 aromatic rings. The summed E-state index contributed by atoms with van der Waals surface area (Å²) in [5.74, 6) is -0.367. The van der Waals surface area contributed by atoms with E-state index in [1.54, 1.807) is 6.07 Å². The highest BCUT2D eigenvalue weighted by molar-refractivity contribution is 7.98. The number of nitrogens with one attached hydrogen (secondary N) is 2. The van der Waals surface area contributed by atoms with Gasteiger partial charge in [0.05, 0.1) is 0 Å². The molecule has 2 heterocycles. The molecule has 10 heteroatoms. The van der Waals surface area contributed by atoms with Gasteiger partial charge in [0.1, 0.15) is 29.0 Å². The first-order valence-electron chi connectivity index (χ1n) is 14.2. The van der Waals surface area contributed by atoms with Crippen LogP contribution in [0.4, 0.5) is 0 Å². The van der Waals surface area contributed by atoms with Gasteiger partial charge in [-0.3, -0.25) is 9.59 Å². The maximum atomic E-state index is 12.8. The molecule has 0 saturated heterocycles. The van der Waals surface area contributed by atoms with Gasteiger partial charge in [-0.2, -0.15) is 11.8 Å². The number of carboxylic acid groups (broad SMARTS) is 1. The van der Waals surface area contributed by atoms with Crippen molar-refractivity contribution in [2.75, 3.05) is 5.75 Å². The maximum Gasteiger partial charge on any atom is 0.339 e. The molecule has 0 aliphatic heterocycles. The monoisotopic (exact) mass is 590 g/mol. The summed E-state index contributed by atoms with van der Waals surface area (Å²) in [6, 6.07) is 11.4. The normalized spacial score (nSPS) is 14.3. The Bertz CT molecular complexity index is 1690. The van der Waals surface area contributed by atoms with E-state index in [-0.39, 0.29) is 18.6 Å². The van der Waals surface area contributed by atoms with Gasteiger partial charge in [-0.25, -0.2) is 9.59 Å². The van der Waals surface area contributed by atoms with Gasteiger partial charge in [-0.05, 0) is 56.7 Å². The van der Waals surface area contributed by atoms with Crippen LogP contribution in [-0.2, 0) is 39.4 Å². The fourth-order valence-electron chi connectivity index (χ4n) is 5.39. The van der Waals surface area contributed by atoms with Crippen molar-refractivity contribution in [3.8, 4) is 0 Å². The number of furan rings is 1. The Morgan fingerprint density at radius 3 is 2.50 bits per heavy atom. The second-order valence-electron chi connectivity index (χ2n) is 10.7. The van der Waals surface area contributed by atoms with Gasteiger partial charge >= 0.3 is 11.6 Å². The van der Waals surface area contributed by atoms with E-state index >= 15 is 0 Å². The fraction of sp³-hybridized carbons (Fsp3) is 0.375. The van der Waals surface area contributed by atoms with Crippen LogP contribution in [0.2, 0.25) is 0 Å². The number of hydrogen-bond acceptors (Lipinski definition) is 7. The van der Waals surface area contributed by atoms with E-state index in [4.69, 9.17) is 8.83 Å². The van der Waals surface area contributed by atoms with Crippen molar-refractivity contribution in [1.82, 2.24) is 10.6 Å². The predicted octanol–water partition coefficient (Wildman–Crippen LogP) is 4.67. The van der Waals surface area contributed by atoms with Crippen molar-refractivity contribution in [3.63, 3.8) is 0 Å². The van der Waals surface area contributed by atoms with E-state index in [2.05, 4.69) is 10.6 Å². The minimum absolute atomic E-state index is 0.0344. The van der Waals surface area contributed by atoms with Crippen LogP contribution in [-0.4, -0.2) is 40.7 Å². The lowest BCUT2D eigenvalue weighted by molar-refractivity contribution is -0.141. The summed E-state index contributed by atoms with van der Waals surface area (Å²) in [6.45, 7) is 3.35. The number of aliphatic carboxylic acids is 1. The number of fused-ring (bicyclic) bond motifs is 4. The lowest BCUT2D eigenvalue weighted by Gasteiger charge is -2.18. The Kier molecular flexibility index (Phi) is 9.01. The van der Waals surface area contributed by atoms with E-state index < -0.39 is 35.5 Å². The van der Waals surface area contributed by atoms with E-state index in [1.807, 2.05) is 43.3 Å². The number of carboxylic acids is 1. The predicted molar refractivity (Wildman–Crippen MR) is 162 cm³/mol. The molecule has 2 atom stereocenters. The zero-order valence-electron chi connectivity index (χ0n) is 23.7. The van der Waals surface area contributed by atoms with Crippen molar-refractivity contribution < 1.29 is 28.3 Å².